The van der Waals surface area contributed by atoms with Crippen LogP contribution in [0.5, 0.6) is 0 Å². The Hall–Kier alpha value is -1.91. The van der Waals surface area contributed by atoms with E-state index in [1.807, 2.05) is 6.07 Å². The Labute approximate surface area is 111 Å². The van der Waals surface area contributed by atoms with E-state index >= 15 is 0 Å². The Morgan fingerprint density at radius 3 is 2.37 bits per heavy atom. The van der Waals surface area contributed by atoms with Crippen molar-refractivity contribution in [1.29, 1.82) is 5.26 Å². The average Bonchev–Trinajstić information content (AvgIpc) is 2.36. The molecule has 0 aliphatic carbocycles. The van der Waals surface area contributed by atoms with Crippen molar-refractivity contribution < 1.29 is 18.3 Å². The van der Waals surface area contributed by atoms with E-state index in [0.29, 0.717) is 5.56 Å². The molecule has 0 heterocycles. The van der Waals surface area contributed by atoms with Gasteiger partial charge in [0, 0.05) is 6.54 Å². The summed E-state index contributed by atoms with van der Waals surface area (Å²) in [4.78, 5) is 10.7. The lowest BCUT2D eigenvalue weighted by Crippen LogP contribution is -2.35. The number of nitrogens with zero attached hydrogens (tertiary/aromatic N) is 2. The quantitative estimate of drug-likeness (QED) is 0.834. The van der Waals surface area contributed by atoms with E-state index in [0.717, 1.165) is 4.31 Å². The second-order valence-electron chi connectivity index (χ2n) is 3.80. The first-order valence-corrected chi connectivity index (χ1v) is 7.03. The summed E-state index contributed by atoms with van der Waals surface area (Å²) in [5.41, 5.74) is 0.711. The summed E-state index contributed by atoms with van der Waals surface area (Å²) in [6, 6.07) is 7.82. The molecule has 0 radical (unpaired) electrons. The molecule has 0 amide bonds. The van der Waals surface area contributed by atoms with E-state index in [-0.39, 0.29) is 17.9 Å². The number of hydrogen-bond donors (Lipinski definition) is 1. The molecule has 102 valence electrons. The van der Waals surface area contributed by atoms with Crippen LogP contribution in [0.15, 0.2) is 29.2 Å². The van der Waals surface area contributed by atoms with Gasteiger partial charge in [-0.05, 0) is 17.7 Å². The van der Waals surface area contributed by atoms with E-state index in [4.69, 9.17) is 10.4 Å². The summed E-state index contributed by atoms with van der Waals surface area (Å²) in [6.45, 7) is 1.08. The third-order valence-corrected chi connectivity index (χ3v) is 4.44. The van der Waals surface area contributed by atoms with Crippen LogP contribution in [0.2, 0.25) is 0 Å². The second kappa shape index (κ2) is 6.31. The van der Waals surface area contributed by atoms with Crippen molar-refractivity contribution in [3.63, 3.8) is 0 Å². The van der Waals surface area contributed by atoms with Crippen LogP contribution in [-0.4, -0.2) is 36.9 Å². The van der Waals surface area contributed by atoms with Crippen molar-refractivity contribution in [2.45, 2.75) is 18.2 Å². The molecule has 0 aliphatic rings. The lowest BCUT2D eigenvalue weighted by atomic mass is 10.2. The molecular weight excluding hydrogens is 268 g/mol. The first-order valence-electron chi connectivity index (χ1n) is 5.59. The van der Waals surface area contributed by atoms with Gasteiger partial charge >= 0.3 is 5.97 Å². The van der Waals surface area contributed by atoms with Crippen molar-refractivity contribution in [2.24, 2.45) is 0 Å². The Morgan fingerprint density at radius 1 is 1.37 bits per heavy atom. The minimum atomic E-state index is -3.81. The maximum atomic E-state index is 12.2. The minimum absolute atomic E-state index is 0.0253. The van der Waals surface area contributed by atoms with Crippen LogP contribution in [0.1, 0.15) is 12.5 Å². The highest BCUT2D eigenvalue weighted by Crippen LogP contribution is 2.16. The van der Waals surface area contributed by atoms with Gasteiger partial charge in [-0.1, -0.05) is 19.1 Å². The third kappa shape index (κ3) is 3.77. The van der Waals surface area contributed by atoms with Crippen molar-refractivity contribution in [3.05, 3.63) is 29.8 Å². The first kappa shape index (κ1) is 15.1. The number of sulfonamides is 1. The van der Waals surface area contributed by atoms with Gasteiger partial charge in [0.15, 0.2) is 0 Å². The summed E-state index contributed by atoms with van der Waals surface area (Å²) in [5, 5.41) is 17.2. The fraction of sp³-hybridized carbons (Fsp3) is 0.333. The zero-order valence-electron chi connectivity index (χ0n) is 10.4. The number of benzene rings is 1. The molecule has 0 aliphatic heterocycles. The highest BCUT2D eigenvalue weighted by molar-refractivity contribution is 7.89. The molecule has 1 aromatic carbocycles. The van der Waals surface area contributed by atoms with Gasteiger partial charge in [-0.2, -0.15) is 9.57 Å². The molecule has 1 N–H and O–H groups in total. The number of carbonyl (C=O) groups is 1. The molecule has 1 rings (SSSR count). The van der Waals surface area contributed by atoms with Gasteiger partial charge in [0.05, 0.1) is 17.4 Å². The molecule has 0 bridgehead atoms. The SMILES string of the molecule is CCN(CC(=O)O)S(=O)(=O)c1ccc(CC#N)cc1. The monoisotopic (exact) mass is 282 g/mol. The van der Waals surface area contributed by atoms with Gasteiger partial charge in [0.25, 0.3) is 0 Å². The summed E-state index contributed by atoms with van der Waals surface area (Å²) in [6.07, 6.45) is 0.201. The van der Waals surface area contributed by atoms with Crippen LogP contribution in [0.25, 0.3) is 0 Å². The van der Waals surface area contributed by atoms with Gasteiger partial charge in [-0.3, -0.25) is 4.79 Å². The smallest absolute Gasteiger partial charge is 0.318 e. The number of nitriles is 1. The number of hydrogen-bond acceptors (Lipinski definition) is 4. The normalized spacial score (nSPS) is 11.2. The van der Waals surface area contributed by atoms with E-state index in [2.05, 4.69) is 0 Å². The van der Waals surface area contributed by atoms with Crippen molar-refractivity contribution in [2.75, 3.05) is 13.1 Å². The van der Waals surface area contributed by atoms with Crippen LogP contribution in [0, 0.1) is 11.3 Å². The fourth-order valence-electron chi connectivity index (χ4n) is 1.54. The molecule has 19 heavy (non-hydrogen) atoms. The predicted octanol–water partition coefficient (Wildman–Crippen LogP) is 0.848. The number of carboxylic acid groups (broad SMARTS) is 1. The standard InChI is InChI=1S/C12H14N2O4S/c1-2-14(9-12(15)16)19(17,18)11-5-3-10(4-6-11)7-8-13/h3-6H,2,7,9H2,1H3,(H,15,16). The predicted molar refractivity (Wildman–Crippen MR) is 67.8 cm³/mol. The van der Waals surface area contributed by atoms with Crippen LogP contribution >= 0.6 is 0 Å². The minimum Gasteiger partial charge on any atom is -0.480 e. The van der Waals surface area contributed by atoms with Crippen LogP contribution in [0.3, 0.4) is 0 Å². The van der Waals surface area contributed by atoms with Crippen LogP contribution in [-0.2, 0) is 21.2 Å². The summed E-state index contributed by atoms with van der Waals surface area (Å²) in [7, 11) is -3.81. The van der Waals surface area contributed by atoms with E-state index < -0.39 is 22.5 Å². The summed E-state index contributed by atoms with van der Waals surface area (Å²) in [5.74, 6) is -1.20. The van der Waals surface area contributed by atoms with Gasteiger partial charge < -0.3 is 5.11 Å². The lowest BCUT2D eigenvalue weighted by molar-refractivity contribution is -0.137. The van der Waals surface area contributed by atoms with Crippen LogP contribution in [0.4, 0.5) is 0 Å². The Kier molecular flexibility index (Phi) is 5.03. The Bertz CT molecular complexity index is 587. The molecule has 0 unspecified atom stereocenters. The Morgan fingerprint density at radius 2 is 1.95 bits per heavy atom. The maximum Gasteiger partial charge on any atom is 0.318 e. The van der Waals surface area contributed by atoms with Crippen molar-refractivity contribution in [3.8, 4) is 6.07 Å². The molecule has 7 heteroatoms. The van der Waals surface area contributed by atoms with Crippen LogP contribution < -0.4 is 0 Å². The molecule has 0 spiro atoms. The summed E-state index contributed by atoms with van der Waals surface area (Å²) < 4.78 is 25.2. The largest absolute Gasteiger partial charge is 0.480 e. The van der Waals surface area contributed by atoms with Crippen molar-refractivity contribution in [1.82, 2.24) is 4.31 Å². The highest BCUT2D eigenvalue weighted by Gasteiger charge is 2.24. The van der Waals surface area contributed by atoms with Gasteiger partial charge in [0.2, 0.25) is 10.0 Å². The molecule has 0 fully saturated rings. The fourth-order valence-corrected chi connectivity index (χ4v) is 2.94. The number of carboxylic acids is 1. The van der Waals surface area contributed by atoms with Gasteiger partial charge in [-0.15, -0.1) is 0 Å². The molecule has 0 atom stereocenters. The first-order chi connectivity index (χ1) is 8.91. The average molecular weight is 282 g/mol. The van der Waals surface area contributed by atoms with Gasteiger partial charge in [-0.25, -0.2) is 8.42 Å². The zero-order chi connectivity index (χ0) is 14.5. The second-order valence-corrected chi connectivity index (χ2v) is 5.74. The van der Waals surface area contributed by atoms with E-state index in [1.165, 1.54) is 12.1 Å². The number of aliphatic carboxylic acids is 1. The molecular formula is C12H14N2O4S. The topological polar surface area (TPSA) is 98.5 Å². The molecule has 6 nitrogen and oxygen atoms in total. The third-order valence-electron chi connectivity index (χ3n) is 2.51. The molecule has 1 aromatic rings. The van der Waals surface area contributed by atoms with E-state index in [9.17, 15) is 13.2 Å². The number of likely N-dealkylation sites (N-methyl/N-ethyl adjacent to an activating group) is 1. The van der Waals surface area contributed by atoms with Crippen molar-refractivity contribution >= 4 is 16.0 Å². The summed E-state index contributed by atoms with van der Waals surface area (Å²) >= 11 is 0. The highest BCUT2D eigenvalue weighted by atomic mass is 32.2. The van der Waals surface area contributed by atoms with E-state index in [1.54, 1.807) is 19.1 Å². The molecule has 0 saturated heterocycles. The molecule has 0 aromatic heterocycles. The lowest BCUT2D eigenvalue weighted by Gasteiger charge is -2.18. The molecule has 0 saturated carbocycles. The maximum absolute atomic E-state index is 12.2. The van der Waals surface area contributed by atoms with Gasteiger partial charge in [0.1, 0.15) is 6.54 Å². The zero-order valence-corrected chi connectivity index (χ0v) is 11.2. The number of rotatable bonds is 6. The Balaban J connectivity index is 3.05.